The molecule has 0 radical (unpaired) electrons. The number of carbonyl (C=O) groups is 1. The van der Waals surface area contributed by atoms with Gasteiger partial charge in [-0.15, -0.1) is 10.2 Å². The molecule has 8 nitrogen and oxygen atoms in total. The van der Waals surface area contributed by atoms with Gasteiger partial charge in [0.25, 0.3) is 11.6 Å². The number of hydrogen-bond acceptors (Lipinski definition) is 6. The average Bonchev–Trinajstić information content (AvgIpc) is 2.64. The monoisotopic (exact) mass is 341 g/mol. The van der Waals surface area contributed by atoms with Crippen LogP contribution in [0.2, 0.25) is 0 Å². The van der Waals surface area contributed by atoms with Gasteiger partial charge < -0.3 is 10.2 Å². The van der Waals surface area contributed by atoms with Crippen LogP contribution in [0, 0.1) is 17.0 Å². The van der Waals surface area contributed by atoms with Crippen molar-refractivity contribution >= 4 is 23.1 Å². The van der Waals surface area contributed by atoms with Gasteiger partial charge in [0.1, 0.15) is 0 Å². The fourth-order valence-electron chi connectivity index (χ4n) is 2.78. The van der Waals surface area contributed by atoms with Crippen LogP contribution in [0.1, 0.15) is 35.3 Å². The number of aryl methyl sites for hydroxylation is 1. The summed E-state index contributed by atoms with van der Waals surface area (Å²) in [5, 5.41) is 21.7. The Morgan fingerprint density at radius 1 is 1.16 bits per heavy atom. The van der Waals surface area contributed by atoms with Crippen LogP contribution in [-0.4, -0.2) is 34.1 Å². The van der Waals surface area contributed by atoms with Crippen LogP contribution in [0.5, 0.6) is 0 Å². The van der Waals surface area contributed by atoms with E-state index in [0.29, 0.717) is 5.69 Å². The van der Waals surface area contributed by atoms with Gasteiger partial charge >= 0.3 is 0 Å². The first-order chi connectivity index (χ1) is 12.0. The molecule has 0 spiro atoms. The number of anilines is 2. The molecule has 1 aromatic heterocycles. The summed E-state index contributed by atoms with van der Waals surface area (Å²) in [6, 6.07) is 7.74. The Labute approximate surface area is 145 Å². The van der Waals surface area contributed by atoms with Gasteiger partial charge in [-0.25, -0.2) is 0 Å². The maximum atomic E-state index is 12.3. The van der Waals surface area contributed by atoms with Gasteiger partial charge in [0.15, 0.2) is 11.5 Å². The van der Waals surface area contributed by atoms with E-state index in [1.807, 2.05) is 0 Å². The number of carbonyl (C=O) groups excluding carboxylic acids is 1. The van der Waals surface area contributed by atoms with Crippen molar-refractivity contribution in [3.05, 3.63) is 51.7 Å². The van der Waals surface area contributed by atoms with Crippen molar-refractivity contribution in [2.24, 2.45) is 0 Å². The van der Waals surface area contributed by atoms with Crippen molar-refractivity contribution in [2.45, 2.75) is 26.2 Å². The molecule has 0 unspecified atom stereocenters. The largest absolute Gasteiger partial charge is 0.355 e. The van der Waals surface area contributed by atoms with Gasteiger partial charge in [-0.3, -0.25) is 14.9 Å². The minimum atomic E-state index is -0.498. The van der Waals surface area contributed by atoms with Crippen molar-refractivity contribution in [1.82, 2.24) is 10.2 Å². The minimum Gasteiger partial charge on any atom is -0.355 e. The number of amides is 1. The Morgan fingerprint density at radius 3 is 2.56 bits per heavy atom. The standard InChI is InChI=1S/C17H19N5O3/c1-12-5-6-13(22(24)25)11-15(12)18-17(23)14-7-8-16(20-19-14)21-9-3-2-4-10-21/h5-8,11H,2-4,9-10H2,1H3,(H,18,23). The molecule has 0 bridgehead atoms. The molecule has 130 valence electrons. The minimum absolute atomic E-state index is 0.0765. The maximum Gasteiger partial charge on any atom is 0.276 e. The zero-order valence-electron chi connectivity index (χ0n) is 13.9. The third kappa shape index (κ3) is 3.90. The van der Waals surface area contributed by atoms with Crippen molar-refractivity contribution in [3.8, 4) is 0 Å². The Bertz CT molecular complexity index is 785. The molecule has 1 saturated heterocycles. The van der Waals surface area contributed by atoms with Gasteiger partial charge in [-0.05, 0) is 43.9 Å². The first kappa shape index (κ1) is 16.8. The predicted octanol–water partition coefficient (Wildman–Crippen LogP) is 2.94. The third-order valence-corrected chi connectivity index (χ3v) is 4.24. The van der Waals surface area contributed by atoms with Crippen LogP contribution in [0.25, 0.3) is 0 Å². The zero-order valence-corrected chi connectivity index (χ0v) is 13.9. The highest BCUT2D eigenvalue weighted by Gasteiger charge is 2.16. The Balaban J connectivity index is 1.73. The van der Waals surface area contributed by atoms with E-state index in [1.54, 1.807) is 25.1 Å². The van der Waals surface area contributed by atoms with Gasteiger partial charge in [0.05, 0.1) is 10.6 Å². The van der Waals surface area contributed by atoms with E-state index in [0.717, 1.165) is 37.3 Å². The normalized spacial score (nSPS) is 14.2. The van der Waals surface area contributed by atoms with Gasteiger partial charge in [0.2, 0.25) is 0 Å². The lowest BCUT2D eigenvalue weighted by Crippen LogP contribution is -2.30. The number of benzene rings is 1. The Kier molecular flexibility index (Phi) is 4.87. The maximum absolute atomic E-state index is 12.3. The second kappa shape index (κ2) is 7.25. The molecule has 25 heavy (non-hydrogen) atoms. The molecule has 1 aliphatic heterocycles. The van der Waals surface area contributed by atoms with E-state index < -0.39 is 10.8 Å². The number of rotatable bonds is 4. The molecular formula is C17H19N5O3. The summed E-state index contributed by atoms with van der Waals surface area (Å²) in [4.78, 5) is 24.9. The van der Waals surface area contributed by atoms with Crippen LogP contribution in [0.3, 0.4) is 0 Å². The SMILES string of the molecule is Cc1ccc([N+](=O)[O-])cc1NC(=O)c1ccc(N2CCCCC2)nn1. The van der Waals surface area contributed by atoms with Crippen molar-refractivity contribution in [1.29, 1.82) is 0 Å². The van der Waals surface area contributed by atoms with Crippen LogP contribution < -0.4 is 10.2 Å². The summed E-state index contributed by atoms with van der Waals surface area (Å²) in [6.45, 7) is 3.67. The first-order valence-corrected chi connectivity index (χ1v) is 8.19. The zero-order chi connectivity index (χ0) is 17.8. The molecule has 1 aliphatic rings. The molecule has 3 rings (SSSR count). The lowest BCUT2D eigenvalue weighted by Gasteiger charge is -2.27. The van der Waals surface area contributed by atoms with E-state index in [-0.39, 0.29) is 11.4 Å². The quantitative estimate of drug-likeness (QED) is 0.678. The lowest BCUT2D eigenvalue weighted by molar-refractivity contribution is -0.384. The molecular weight excluding hydrogens is 322 g/mol. The molecule has 0 aliphatic carbocycles. The number of aromatic nitrogens is 2. The predicted molar refractivity (Wildman–Crippen MR) is 93.9 cm³/mol. The van der Waals surface area contributed by atoms with E-state index in [2.05, 4.69) is 20.4 Å². The molecule has 0 saturated carbocycles. The highest BCUT2D eigenvalue weighted by Crippen LogP contribution is 2.22. The summed E-state index contributed by atoms with van der Waals surface area (Å²) in [7, 11) is 0. The van der Waals surface area contributed by atoms with Crippen molar-refractivity contribution < 1.29 is 9.72 Å². The lowest BCUT2D eigenvalue weighted by atomic mass is 10.1. The highest BCUT2D eigenvalue weighted by atomic mass is 16.6. The van der Waals surface area contributed by atoms with Crippen molar-refractivity contribution in [2.75, 3.05) is 23.3 Å². The molecule has 1 amide bonds. The van der Waals surface area contributed by atoms with E-state index >= 15 is 0 Å². The summed E-state index contributed by atoms with van der Waals surface area (Å²) in [6.07, 6.45) is 3.50. The number of piperidine rings is 1. The fraction of sp³-hybridized carbons (Fsp3) is 0.353. The summed E-state index contributed by atoms with van der Waals surface area (Å²) in [5.41, 5.74) is 1.22. The smallest absolute Gasteiger partial charge is 0.276 e. The topological polar surface area (TPSA) is 101 Å². The molecule has 8 heteroatoms. The number of nitro groups is 1. The number of nitrogens with zero attached hydrogens (tertiary/aromatic N) is 4. The molecule has 2 aromatic rings. The molecule has 1 fully saturated rings. The van der Waals surface area contributed by atoms with E-state index in [9.17, 15) is 14.9 Å². The van der Waals surface area contributed by atoms with E-state index in [1.165, 1.54) is 18.6 Å². The van der Waals surface area contributed by atoms with E-state index in [4.69, 9.17) is 0 Å². The fourth-order valence-corrected chi connectivity index (χ4v) is 2.78. The second-order valence-corrected chi connectivity index (χ2v) is 6.03. The molecule has 1 N–H and O–H groups in total. The molecule has 1 aromatic carbocycles. The Hall–Kier alpha value is -3.03. The van der Waals surface area contributed by atoms with Crippen molar-refractivity contribution in [3.63, 3.8) is 0 Å². The Morgan fingerprint density at radius 2 is 1.92 bits per heavy atom. The summed E-state index contributed by atoms with van der Waals surface area (Å²) in [5.74, 6) is 0.323. The van der Waals surface area contributed by atoms with Crippen LogP contribution in [0.15, 0.2) is 30.3 Å². The number of hydrogen-bond donors (Lipinski definition) is 1. The number of nitrogens with one attached hydrogen (secondary N) is 1. The summed E-state index contributed by atoms with van der Waals surface area (Å²) < 4.78 is 0. The number of nitro benzene ring substituents is 1. The second-order valence-electron chi connectivity index (χ2n) is 6.03. The highest BCUT2D eigenvalue weighted by molar-refractivity contribution is 6.03. The third-order valence-electron chi connectivity index (χ3n) is 4.24. The first-order valence-electron chi connectivity index (χ1n) is 8.19. The summed E-state index contributed by atoms with van der Waals surface area (Å²) >= 11 is 0. The molecule has 2 heterocycles. The molecule has 0 atom stereocenters. The number of non-ortho nitro benzene ring substituents is 1. The van der Waals surface area contributed by atoms with Crippen LogP contribution in [0.4, 0.5) is 17.2 Å². The van der Waals surface area contributed by atoms with Gasteiger partial charge in [0, 0.05) is 25.2 Å². The van der Waals surface area contributed by atoms with Crippen LogP contribution >= 0.6 is 0 Å². The van der Waals surface area contributed by atoms with Gasteiger partial charge in [-0.2, -0.15) is 0 Å². The van der Waals surface area contributed by atoms with Gasteiger partial charge in [-0.1, -0.05) is 6.07 Å². The van der Waals surface area contributed by atoms with Crippen LogP contribution in [-0.2, 0) is 0 Å². The average molecular weight is 341 g/mol.